The summed E-state index contributed by atoms with van der Waals surface area (Å²) in [5.41, 5.74) is 0. The summed E-state index contributed by atoms with van der Waals surface area (Å²) in [4.78, 5) is 24.5. The maximum atomic E-state index is 12.7. The van der Waals surface area contributed by atoms with Crippen LogP contribution in [0.2, 0.25) is 0 Å². The Kier molecular flexibility index (Phi) is 17.5. The van der Waals surface area contributed by atoms with Crippen molar-refractivity contribution in [3.8, 4) is 0 Å². The van der Waals surface area contributed by atoms with Crippen molar-refractivity contribution < 1.29 is 124 Å². The van der Waals surface area contributed by atoms with Gasteiger partial charge in [-0.3, -0.25) is 9.59 Å². The first-order valence-corrected chi connectivity index (χ1v) is 19.4. The van der Waals surface area contributed by atoms with Gasteiger partial charge >= 0.3 is 0 Å². The van der Waals surface area contributed by atoms with Crippen LogP contribution in [0, 0.1) is 0 Å². The maximum Gasteiger partial charge on any atom is 0.217 e. The molecule has 0 aliphatic carbocycles. The van der Waals surface area contributed by atoms with Crippen LogP contribution in [0.15, 0.2) is 0 Å². The highest BCUT2D eigenvalue weighted by atomic mass is 16.8. The van der Waals surface area contributed by atoms with Gasteiger partial charge in [-0.2, -0.15) is 0 Å². The van der Waals surface area contributed by atoms with E-state index in [1.165, 1.54) is 6.92 Å². The number of aliphatic hydroxyl groups excluding tert-OH is 14. The topological polar surface area (TPSA) is 424 Å². The van der Waals surface area contributed by atoms with Crippen LogP contribution in [0.1, 0.15) is 20.8 Å². The summed E-state index contributed by atoms with van der Waals surface area (Å²) in [6.07, 6.45) is -40.8. The van der Waals surface area contributed by atoms with Crippen LogP contribution >= 0.6 is 0 Å². The van der Waals surface area contributed by atoms with Crippen molar-refractivity contribution in [1.82, 2.24) is 10.6 Å². The number of nitrogens with one attached hydrogen (secondary N) is 2. The molecule has 5 saturated heterocycles. The quantitative estimate of drug-likeness (QED) is 0.0770. The third kappa shape index (κ3) is 10.9. The average molecular weight is 895 g/mol. The van der Waals surface area contributed by atoms with Gasteiger partial charge in [0.05, 0.1) is 32.5 Å². The fraction of sp³-hybridized carbons (Fsp3) is 0.941. The molecule has 5 aliphatic rings. The predicted octanol–water partition coefficient (Wildman–Crippen LogP) is -10.6. The molecule has 354 valence electrons. The van der Waals surface area contributed by atoms with Crippen molar-refractivity contribution in [1.29, 1.82) is 0 Å². The van der Waals surface area contributed by atoms with Crippen LogP contribution in [0.3, 0.4) is 0 Å². The van der Waals surface area contributed by atoms with E-state index in [4.69, 9.17) is 42.6 Å². The van der Waals surface area contributed by atoms with Crippen LogP contribution in [0.4, 0.5) is 0 Å². The summed E-state index contributed by atoms with van der Waals surface area (Å²) >= 11 is 0. The Morgan fingerprint density at radius 1 is 0.459 bits per heavy atom. The van der Waals surface area contributed by atoms with Gasteiger partial charge in [-0.15, -0.1) is 0 Å². The van der Waals surface area contributed by atoms with E-state index in [1.54, 1.807) is 0 Å². The zero-order chi connectivity index (χ0) is 45.2. The Morgan fingerprint density at radius 3 is 1.49 bits per heavy atom. The molecule has 27 heteroatoms. The number of carbonyl (C=O) groups is 2. The SMILES string of the molecule is CC(=O)N[C@H]1[C@H](OC[C@H]2OC(O)[C@@H](O[C@@H]3O[C@H](CO)[C@@H](O[C@@H]4O[C@H](CO)[C@H](O)[C@H](O)[C@H]4O)[C@H](O[C@@H]4O[C@@H](C)[C@@H](O)[C@@H](O)[C@@H]4O)[C@H]3NC(C)=O)[C@@H](O)[C@@H]2O)O[C@H](CO)[C@@H](O)[C@@H]1O. The molecule has 0 saturated carbocycles. The van der Waals surface area contributed by atoms with E-state index >= 15 is 0 Å². The summed E-state index contributed by atoms with van der Waals surface area (Å²) in [5.74, 6) is -1.48. The van der Waals surface area contributed by atoms with Gasteiger partial charge in [-0.25, -0.2) is 0 Å². The lowest BCUT2D eigenvalue weighted by atomic mass is 9.94. The molecule has 25 atom stereocenters. The van der Waals surface area contributed by atoms with E-state index in [0.717, 1.165) is 13.8 Å². The average Bonchev–Trinajstić information content (AvgIpc) is 3.22. The van der Waals surface area contributed by atoms with Crippen molar-refractivity contribution in [2.24, 2.45) is 0 Å². The molecule has 0 radical (unpaired) electrons. The number of rotatable bonds is 14. The van der Waals surface area contributed by atoms with Crippen LogP contribution in [-0.4, -0.2) is 263 Å². The molecule has 27 nitrogen and oxygen atoms in total. The monoisotopic (exact) mass is 894 g/mol. The van der Waals surface area contributed by atoms with Crippen molar-refractivity contribution in [3.63, 3.8) is 0 Å². The van der Waals surface area contributed by atoms with E-state index in [1.807, 2.05) is 0 Å². The van der Waals surface area contributed by atoms with Gasteiger partial charge in [0.2, 0.25) is 11.8 Å². The number of aliphatic hydroxyl groups is 14. The molecule has 5 rings (SSSR count). The van der Waals surface area contributed by atoms with E-state index in [-0.39, 0.29) is 0 Å². The second-order valence-electron chi connectivity index (χ2n) is 15.4. The zero-order valence-corrected chi connectivity index (χ0v) is 33.0. The third-order valence-corrected chi connectivity index (χ3v) is 11.1. The first-order valence-electron chi connectivity index (χ1n) is 19.4. The van der Waals surface area contributed by atoms with Gasteiger partial charge in [-0.05, 0) is 6.92 Å². The van der Waals surface area contributed by atoms with Gasteiger partial charge in [0, 0.05) is 13.8 Å². The molecular formula is C34H58N2O25. The highest BCUT2D eigenvalue weighted by Gasteiger charge is 2.57. The molecule has 0 bridgehead atoms. The summed E-state index contributed by atoms with van der Waals surface area (Å²) < 4.78 is 51.5. The minimum Gasteiger partial charge on any atom is -0.394 e. The molecule has 5 fully saturated rings. The number of carbonyl (C=O) groups excluding carboxylic acids is 2. The largest absolute Gasteiger partial charge is 0.394 e. The van der Waals surface area contributed by atoms with Crippen molar-refractivity contribution in [2.75, 3.05) is 26.4 Å². The van der Waals surface area contributed by atoms with E-state index in [0.29, 0.717) is 0 Å². The van der Waals surface area contributed by atoms with Crippen LogP contribution < -0.4 is 10.6 Å². The Bertz CT molecular complexity index is 1420. The molecule has 0 aromatic heterocycles. The predicted molar refractivity (Wildman–Crippen MR) is 188 cm³/mol. The lowest BCUT2D eigenvalue weighted by molar-refractivity contribution is -0.387. The van der Waals surface area contributed by atoms with Crippen LogP contribution in [0.5, 0.6) is 0 Å². The molecular weight excluding hydrogens is 836 g/mol. The summed E-state index contributed by atoms with van der Waals surface area (Å²) in [7, 11) is 0. The molecule has 61 heavy (non-hydrogen) atoms. The number of amides is 2. The Hall–Kier alpha value is -1.98. The fourth-order valence-corrected chi connectivity index (χ4v) is 7.66. The number of ether oxygens (including phenoxy) is 9. The summed E-state index contributed by atoms with van der Waals surface area (Å²) in [6, 6.07) is -3.10. The first-order chi connectivity index (χ1) is 28.7. The Morgan fingerprint density at radius 2 is 0.918 bits per heavy atom. The smallest absolute Gasteiger partial charge is 0.217 e. The molecule has 5 heterocycles. The van der Waals surface area contributed by atoms with Gasteiger partial charge < -0.3 is 125 Å². The lowest BCUT2D eigenvalue weighted by Crippen LogP contribution is -2.71. The Balaban J connectivity index is 1.40. The molecule has 5 aliphatic heterocycles. The van der Waals surface area contributed by atoms with Crippen LogP contribution in [-0.2, 0) is 52.2 Å². The third-order valence-electron chi connectivity index (χ3n) is 11.1. The number of hydrogen-bond donors (Lipinski definition) is 16. The highest BCUT2D eigenvalue weighted by molar-refractivity contribution is 5.73. The van der Waals surface area contributed by atoms with Gasteiger partial charge in [-0.1, -0.05) is 0 Å². The Labute approximate surface area is 346 Å². The molecule has 0 aromatic carbocycles. The van der Waals surface area contributed by atoms with E-state index in [2.05, 4.69) is 10.6 Å². The van der Waals surface area contributed by atoms with E-state index < -0.39 is 192 Å². The lowest BCUT2D eigenvalue weighted by Gasteiger charge is -2.51. The second-order valence-corrected chi connectivity index (χ2v) is 15.4. The second kappa shape index (κ2) is 21.3. The van der Waals surface area contributed by atoms with Crippen molar-refractivity contribution >= 4 is 11.8 Å². The molecule has 1 unspecified atom stereocenters. The highest BCUT2D eigenvalue weighted by Crippen LogP contribution is 2.36. The number of hydrogen-bond acceptors (Lipinski definition) is 25. The van der Waals surface area contributed by atoms with Gasteiger partial charge in [0.15, 0.2) is 31.5 Å². The fourth-order valence-electron chi connectivity index (χ4n) is 7.66. The molecule has 0 spiro atoms. The normalized spacial score (nSPS) is 49.6. The maximum absolute atomic E-state index is 12.7. The zero-order valence-electron chi connectivity index (χ0n) is 33.0. The van der Waals surface area contributed by atoms with Crippen molar-refractivity contribution in [2.45, 2.75) is 174 Å². The summed E-state index contributed by atoms with van der Waals surface area (Å²) in [6.45, 7) is 0.125. The molecule has 16 N–H and O–H groups in total. The standard InChI is InChI=1S/C34H58N2O25/c1-8-17(42)22(47)25(50)33(54-8)60-28-16(36-10(3)41)32(58-13(6-39)27(28)59-34-26(51)23(48)19(44)12(5-38)57-34)61-29-24(49)20(45)14(55-30(29)52)7-53-31-15(35-9(2)40)21(46)18(43)11(4-37)56-31/h8,11-34,37-39,42-52H,4-7H2,1-3H3,(H,35,40)(H,36,41)/t8-,11+,12+,13+,14+,15+,16+,17+,18+,19-,20+,21+,22+,23-,24-,25-,26+,27+,28+,29-,30?,31+,32-,33-,34-/m0/s1. The van der Waals surface area contributed by atoms with Gasteiger partial charge in [0.25, 0.3) is 0 Å². The van der Waals surface area contributed by atoms with E-state index in [9.17, 15) is 81.1 Å². The minimum absolute atomic E-state index is 0.658. The first kappa shape index (κ1) is 50.0. The molecule has 2 amide bonds. The van der Waals surface area contributed by atoms with Crippen LogP contribution in [0.25, 0.3) is 0 Å². The van der Waals surface area contributed by atoms with Crippen molar-refractivity contribution in [3.05, 3.63) is 0 Å². The summed E-state index contributed by atoms with van der Waals surface area (Å²) in [5, 5.41) is 152. The minimum atomic E-state index is -2.15. The van der Waals surface area contributed by atoms with Gasteiger partial charge in [0.1, 0.15) is 116 Å². The molecule has 0 aromatic rings.